The quantitative estimate of drug-likeness (QED) is 0.696. The van der Waals surface area contributed by atoms with Crippen molar-refractivity contribution in [3.63, 3.8) is 0 Å². The summed E-state index contributed by atoms with van der Waals surface area (Å²) >= 11 is 0. The van der Waals surface area contributed by atoms with Gasteiger partial charge in [0.15, 0.2) is 0 Å². The van der Waals surface area contributed by atoms with Crippen molar-refractivity contribution in [2.45, 2.75) is 27.3 Å². The minimum atomic E-state index is -0.535. The fourth-order valence-corrected chi connectivity index (χ4v) is 1.12. The van der Waals surface area contributed by atoms with Gasteiger partial charge in [0.05, 0.1) is 0 Å². The van der Waals surface area contributed by atoms with Crippen LogP contribution in [0.2, 0.25) is 0 Å². The molecular formula is C13H19N3O2. The molecule has 0 radical (unpaired) electrons. The number of hydrazine groups is 1. The lowest BCUT2D eigenvalue weighted by Crippen LogP contribution is -2.50. The highest BCUT2D eigenvalue weighted by Gasteiger charge is 2.21. The van der Waals surface area contributed by atoms with E-state index in [1.165, 1.54) is 0 Å². The average Bonchev–Trinajstić information content (AvgIpc) is 2.33. The van der Waals surface area contributed by atoms with E-state index in [1.54, 1.807) is 20.8 Å². The highest BCUT2D eigenvalue weighted by atomic mass is 16.2. The molecule has 0 aliphatic heterocycles. The molecule has 0 aromatic heterocycles. The zero-order chi connectivity index (χ0) is 13.6. The van der Waals surface area contributed by atoms with E-state index in [-0.39, 0.29) is 5.91 Å². The molecule has 0 fully saturated rings. The van der Waals surface area contributed by atoms with E-state index in [4.69, 9.17) is 0 Å². The Bertz CT molecular complexity index is 410. The van der Waals surface area contributed by atoms with Crippen LogP contribution in [-0.4, -0.2) is 11.9 Å². The second-order valence-electron chi connectivity index (χ2n) is 5.00. The van der Waals surface area contributed by atoms with Gasteiger partial charge in [0.1, 0.15) is 0 Å². The Morgan fingerprint density at radius 2 is 1.67 bits per heavy atom. The maximum absolute atomic E-state index is 11.5. The first kappa shape index (κ1) is 14.0. The SMILES string of the molecule is CC(C)(C)C(=O)NNC(=O)NCc1ccccc1. The number of benzene rings is 1. The zero-order valence-electron chi connectivity index (χ0n) is 10.9. The molecule has 0 aliphatic carbocycles. The van der Waals surface area contributed by atoms with Crippen LogP contribution in [0.5, 0.6) is 0 Å². The van der Waals surface area contributed by atoms with Crippen LogP contribution in [-0.2, 0) is 11.3 Å². The molecule has 0 aliphatic rings. The third-order valence-corrected chi connectivity index (χ3v) is 2.27. The predicted molar refractivity (Wildman–Crippen MR) is 69.4 cm³/mol. The molecule has 1 aromatic rings. The highest BCUT2D eigenvalue weighted by molar-refractivity contribution is 5.84. The summed E-state index contributed by atoms with van der Waals surface area (Å²) in [6.07, 6.45) is 0. The van der Waals surface area contributed by atoms with Gasteiger partial charge in [-0.2, -0.15) is 0 Å². The molecule has 3 amide bonds. The number of amides is 3. The van der Waals surface area contributed by atoms with Gasteiger partial charge in [0.2, 0.25) is 5.91 Å². The number of hydrogen-bond acceptors (Lipinski definition) is 2. The van der Waals surface area contributed by atoms with Crippen LogP contribution in [0.3, 0.4) is 0 Å². The molecule has 98 valence electrons. The molecule has 1 aromatic carbocycles. The number of carbonyl (C=O) groups is 2. The summed E-state index contributed by atoms with van der Waals surface area (Å²) in [5, 5.41) is 2.64. The van der Waals surface area contributed by atoms with Crippen molar-refractivity contribution in [2.75, 3.05) is 0 Å². The van der Waals surface area contributed by atoms with E-state index in [2.05, 4.69) is 16.2 Å². The fourth-order valence-electron chi connectivity index (χ4n) is 1.12. The van der Waals surface area contributed by atoms with Crippen molar-refractivity contribution in [3.8, 4) is 0 Å². The van der Waals surface area contributed by atoms with E-state index in [1.807, 2.05) is 30.3 Å². The normalized spacial score (nSPS) is 10.6. The zero-order valence-corrected chi connectivity index (χ0v) is 10.9. The van der Waals surface area contributed by atoms with E-state index < -0.39 is 11.4 Å². The van der Waals surface area contributed by atoms with Gasteiger partial charge in [-0.15, -0.1) is 0 Å². The summed E-state index contributed by atoms with van der Waals surface area (Å²) in [5.41, 5.74) is 5.13. The first-order valence-electron chi connectivity index (χ1n) is 5.78. The van der Waals surface area contributed by atoms with Crippen molar-refractivity contribution < 1.29 is 9.59 Å². The van der Waals surface area contributed by atoms with Crippen molar-refractivity contribution in [1.29, 1.82) is 0 Å². The molecule has 0 unspecified atom stereocenters. The second kappa shape index (κ2) is 6.05. The Labute approximate surface area is 107 Å². The Kier molecular flexibility index (Phi) is 4.71. The summed E-state index contributed by atoms with van der Waals surface area (Å²) in [5.74, 6) is -0.239. The van der Waals surface area contributed by atoms with Crippen molar-refractivity contribution in [3.05, 3.63) is 35.9 Å². The summed E-state index contributed by atoms with van der Waals surface area (Å²) < 4.78 is 0. The van der Waals surface area contributed by atoms with Crippen LogP contribution in [0.4, 0.5) is 4.79 Å². The van der Waals surface area contributed by atoms with E-state index in [0.29, 0.717) is 6.54 Å². The summed E-state index contributed by atoms with van der Waals surface area (Å²) in [4.78, 5) is 22.9. The van der Waals surface area contributed by atoms with Crippen LogP contribution < -0.4 is 16.2 Å². The van der Waals surface area contributed by atoms with Gasteiger partial charge in [-0.05, 0) is 5.56 Å². The second-order valence-corrected chi connectivity index (χ2v) is 5.00. The first-order valence-corrected chi connectivity index (χ1v) is 5.78. The number of carbonyl (C=O) groups excluding carboxylic acids is 2. The maximum atomic E-state index is 11.5. The summed E-state index contributed by atoms with van der Waals surface area (Å²) in [6, 6.07) is 9.10. The topological polar surface area (TPSA) is 70.2 Å². The number of urea groups is 1. The average molecular weight is 249 g/mol. The number of nitrogens with one attached hydrogen (secondary N) is 3. The van der Waals surface area contributed by atoms with Crippen molar-refractivity contribution >= 4 is 11.9 Å². The highest BCUT2D eigenvalue weighted by Crippen LogP contribution is 2.11. The molecule has 0 saturated heterocycles. The van der Waals surface area contributed by atoms with Gasteiger partial charge < -0.3 is 5.32 Å². The van der Waals surface area contributed by atoms with Crippen molar-refractivity contribution in [2.24, 2.45) is 5.41 Å². The van der Waals surface area contributed by atoms with Crippen molar-refractivity contribution in [1.82, 2.24) is 16.2 Å². The fraction of sp³-hybridized carbons (Fsp3) is 0.385. The van der Waals surface area contributed by atoms with Gasteiger partial charge in [0.25, 0.3) is 0 Å². The number of rotatable bonds is 2. The largest absolute Gasteiger partial charge is 0.333 e. The van der Waals surface area contributed by atoms with Gasteiger partial charge in [-0.25, -0.2) is 10.2 Å². The molecule has 5 nitrogen and oxygen atoms in total. The maximum Gasteiger partial charge on any atom is 0.333 e. The predicted octanol–water partition coefficient (Wildman–Crippen LogP) is 1.56. The lowest BCUT2D eigenvalue weighted by Gasteiger charge is -2.18. The molecule has 18 heavy (non-hydrogen) atoms. The molecule has 0 atom stereocenters. The molecular weight excluding hydrogens is 230 g/mol. The monoisotopic (exact) mass is 249 g/mol. The Morgan fingerprint density at radius 1 is 1.06 bits per heavy atom. The van der Waals surface area contributed by atoms with E-state index >= 15 is 0 Å². The first-order chi connectivity index (χ1) is 8.39. The number of hydrogen-bond donors (Lipinski definition) is 3. The van der Waals surface area contributed by atoms with Crippen LogP contribution in [0.25, 0.3) is 0 Å². The molecule has 0 saturated carbocycles. The van der Waals surface area contributed by atoms with Gasteiger partial charge in [-0.3, -0.25) is 10.2 Å². The third-order valence-electron chi connectivity index (χ3n) is 2.27. The lowest BCUT2D eigenvalue weighted by atomic mass is 9.96. The molecule has 0 spiro atoms. The third kappa shape index (κ3) is 4.86. The van der Waals surface area contributed by atoms with Crippen LogP contribution in [0.15, 0.2) is 30.3 Å². The Balaban J connectivity index is 2.29. The smallest absolute Gasteiger partial charge is 0.333 e. The summed E-state index contributed by atoms with van der Waals surface area (Å²) in [6.45, 7) is 5.72. The minimum absolute atomic E-state index is 0.239. The lowest BCUT2D eigenvalue weighted by molar-refractivity contribution is -0.129. The minimum Gasteiger partial charge on any atom is -0.333 e. The molecule has 1 rings (SSSR count). The van der Waals surface area contributed by atoms with Gasteiger partial charge in [-0.1, -0.05) is 51.1 Å². The standard InChI is InChI=1S/C13H19N3O2/c1-13(2,3)11(17)15-16-12(18)14-9-10-7-5-4-6-8-10/h4-8H,9H2,1-3H3,(H,15,17)(H2,14,16,18). The van der Waals surface area contributed by atoms with Crippen LogP contribution in [0.1, 0.15) is 26.3 Å². The van der Waals surface area contributed by atoms with Gasteiger partial charge in [0, 0.05) is 12.0 Å². The molecule has 0 heterocycles. The Hall–Kier alpha value is -2.04. The molecule has 3 N–H and O–H groups in total. The van der Waals surface area contributed by atoms with Crippen LogP contribution in [0, 0.1) is 5.41 Å². The molecule has 5 heteroatoms. The van der Waals surface area contributed by atoms with E-state index in [0.717, 1.165) is 5.56 Å². The van der Waals surface area contributed by atoms with E-state index in [9.17, 15) is 9.59 Å². The van der Waals surface area contributed by atoms with Gasteiger partial charge >= 0.3 is 6.03 Å². The Morgan fingerprint density at radius 3 is 2.22 bits per heavy atom. The van der Waals surface area contributed by atoms with Crippen LogP contribution >= 0.6 is 0 Å². The molecule has 0 bridgehead atoms. The summed E-state index contributed by atoms with van der Waals surface area (Å²) in [7, 11) is 0.